The van der Waals surface area contributed by atoms with Gasteiger partial charge in [-0.15, -0.1) is 0 Å². The van der Waals surface area contributed by atoms with Crippen molar-refractivity contribution in [3.63, 3.8) is 0 Å². The Morgan fingerprint density at radius 3 is 2.34 bits per heavy atom. The second kappa shape index (κ2) is 9.45. The fourth-order valence-corrected chi connectivity index (χ4v) is 3.06. The molecule has 0 bridgehead atoms. The van der Waals surface area contributed by atoms with Gasteiger partial charge in [0.25, 0.3) is 5.91 Å². The van der Waals surface area contributed by atoms with E-state index in [9.17, 15) is 9.59 Å². The molecule has 3 rings (SSSR count). The average Bonchev–Trinajstić information content (AvgIpc) is 2.69. The number of benzene rings is 3. The van der Waals surface area contributed by atoms with Crippen molar-refractivity contribution < 1.29 is 14.3 Å². The Morgan fingerprint density at radius 1 is 0.897 bits per heavy atom. The van der Waals surface area contributed by atoms with Crippen LogP contribution >= 0.6 is 23.2 Å². The van der Waals surface area contributed by atoms with Crippen LogP contribution < -0.4 is 15.4 Å². The van der Waals surface area contributed by atoms with E-state index in [-0.39, 0.29) is 18.4 Å². The van der Waals surface area contributed by atoms with Gasteiger partial charge in [0, 0.05) is 23.2 Å². The number of carbonyl (C=O) groups excluding carboxylic acids is 2. The second-order valence-electron chi connectivity index (χ2n) is 6.21. The number of hydrogen-bond donors (Lipinski definition) is 2. The summed E-state index contributed by atoms with van der Waals surface area (Å²) in [5.41, 5.74) is 2.15. The Morgan fingerprint density at radius 2 is 1.62 bits per heavy atom. The summed E-state index contributed by atoms with van der Waals surface area (Å²) in [4.78, 5) is 23.9. The zero-order valence-corrected chi connectivity index (χ0v) is 17.1. The Hall–Kier alpha value is -3.02. The monoisotopic (exact) mass is 428 g/mol. The third kappa shape index (κ3) is 5.50. The fraction of sp³-hybridized carbons (Fsp3) is 0.0909. The molecule has 7 heteroatoms. The van der Waals surface area contributed by atoms with E-state index in [2.05, 4.69) is 10.6 Å². The van der Waals surface area contributed by atoms with Crippen LogP contribution in [0.25, 0.3) is 0 Å². The Labute approximate surface area is 178 Å². The van der Waals surface area contributed by atoms with E-state index >= 15 is 0 Å². The maximum atomic E-state index is 12.8. The molecule has 0 aromatic heterocycles. The molecule has 2 N–H and O–H groups in total. The van der Waals surface area contributed by atoms with Crippen LogP contribution in [0, 0.1) is 0 Å². The standard InChI is InChI=1S/C22H18Cl2N2O3/c1-14(27)25-16-10-11-20(19(24)12-16)26-22(28)17-7-3-5-9-21(17)29-13-15-6-2-4-8-18(15)23/h2-12H,13H2,1H3,(H,25,27)(H,26,28). The zero-order chi connectivity index (χ0) is 20.8. The highest BCUT2D eigenvalue weighted by atomic mass is 35.5. The van der Waals surface area contributed by atoms with Gasteiger partial charge in [-0.25, -0.2) is 0 Å². The number of para-hydroxylation sites is 1. The first kappa shape index (κ1) is 20.7. The van der Waals surface area contributed by atoms with E-state index in [1.807, 2.05) is 18.2 Å². The highest BCUT2D eigenvalue weighted by molar-refractivity contribution is 6.34. The van der Waals surface area contributed by atoms with Gasteiger partial charge in [0.2, 0.25) is 5.91 Å². The van der Waals surface area contributed by atoms with Gasteiger partial charge in [-0.1, -0.05) is 53.5 Å². The number of carbonyl (C=O) groups is 2. The zero-order valence-electron chi connectivity index (χ0n) is 15.5. The lowest BCUT2D eigenvalue weighted by atomic mass is 10.1. The van der Waals surface area contributed by atoms with E-state index in [1.165, 1.54) is 6.92 Å². The molecule has 0 fully saturated rings. The number of rotatable bonds is 6. The highest BCUT2D eigenvalue weighted by Gasteiger charge is 2.14. The minimum absolute atomic E-state index is 0.206. The summed E-state index contributed by atoms with van der Waals surface area (Å²) in [5.74, 6) is -0.146. The van der Waals surface area contributed by atoms with Crippen molar-refractivity contribution in [1.82, 2.24) is 0 Å². The molecule has 0 radical (unpaired) electrons. The van der Waals surface area contributed by atoms with Crippen molar-refractivity contribution in [3.8, 4) is 5.75 Å². The van der Waals surface area contributed by atoms with E-state index < -0.39 is 0 Å². The third-order valence-corrected chi connectivity index (χ3v) is 4.69. The predicted octanol–water partition coefficient (Wildman–Crippen LogP) is 5.78. The molecule has 0 unspecified atom stereocenters. The molecule has 0 atom stereocenters. The lowest BCUT2D eigenvalue weighted by Crippen LogP contribution is -2.14. The van der Waals surface area contributed by atoms with Crippen molar-refractivity contribution in [2.24, 2.45) is 0 Å². The van der Waals surface area contributed by atoms with Gasteiger partial charge in [-0.2, -0.15) is 0 Å². The van der Waals surface area contributed by atoms with Gasteiger partial charge >= 0.3 is 0 Å². The molecular weight excluding hydrogens is 411 g/mol. The maximum Gasteiger partial charge on any atom is 0.259 e. The van der Waals surface area contributed by atoms with Crippen LogP contribution in [0.5, 0.6) is 5.75 Å². The van der Waals surface area contributed by atoms with Gasteiger partial charge < -0.3 is 15.4 Å². The maximum absolute atomic E-state index is 12.8. The van der Waals surface area contributed by atoms with Gasteiger partial charge in [0.05, 0.1) is 16.3 Å². The molecule has 0 aliphatic carbocycles. The average molecular weight is 429 g/mol. The lowest BCUT2D eigenvalue weighted by Gasteiger charge is -2.13. The Kier molecular flexibility index (Phi) is 6.75. The number of hydrogen-bond acceptors (Lipinski definition) is 3. The SMILES string of the molecule is CC(=O)Nc1ccc(NC(=O)c2ccccc2OCc2ccccc2Cl)c(Cl)c1. The molecule has 0 aliphatic heterocycles. The van der Waals surface area contributed by atoms with E-state index in [4.69, 9.17) is 27.9 Å². The van der Waals surface area contributed by atoms with Crippen LogP contribution in [-0.2, 0) is 11.4 Å². The minimum Gasteiger partial charge on any atom is -0.488 e. The van der Waals surface area contributed by atoms with E-state index in [1.54, 1.807) is 48.5 Å². The number of amides is 2. The molecule has 2 amide bonds. The van der Waals surface area contributed by atoms with Crippen LogP contribution in [0.15, 0.2) is 66.7 Å². The summed E-state index contributed by atoms with van der Waals surface area (Å²) < 4.78 is 5.83. The summed E-state index contributed by atoms with van der Waals surface area (Å²) in [7, 11) is 0. The predicted molar refractivity (Wildman–Crippen MR) is 116 cm³/mol. The molecule has 29 heavy (non-hydrogen) atoms. The molecule has 5 nitrogen and oxygen atoms in total. The third-order valence-electron chi connectivity index (χ3n) is 4.01. The Balaban J connectivity index is 1.75. The fourth-order valence-electron chi connectivity index (χ4n) is 2.64. The summed E-state index contributed by atoms with van der Waals surface area (Å²) >= 11 is 12.4. The van der Waals surface area contributed by atoms with E-state index in [0.717, 1.165) is 5.56 Å². The molecule has 0 aliphatic rings. The molecule has 0 saturated carbocycles. The summed E-state index contributed by atoms with van der Waals surface area (Å²) in [6.45, 7) is 1.64. The molecular formula is C22H18Cl2N2O3. The number of nitrogens with one attached hydrogen (secondary N) is 2. The van der Waals surface area contributed by atoms with Gasteiger partial charge in [0.15, 0.2) is 0 Å². The van der Waals surface area contributed by atoms with Crippen molar-refractivity contribution in [1.29, 1.82) is 0 Å². The summed E-state index contributed by atoms with van der Waals surface area (Å²) in [6, 6.07) is 19.1. The number of anilines is 2. The largest absolute Gasteiger partial charge is 0.488 e. The van der Waals surface area contributed by atoms with Crippen LogP contribution in [-0.4, -0.2) is 11.8 Å². The first-order chi connectivity index (χ1) is 13.9. The summed E-state index contributed by atoms with van der Waals surface area (Å²) in [5, 5.41) is 6.31. The van der Waals surface area contributed by atoms with Crippen molar-refractivity contribution in [3.05, 3.63) is 87.9 Å². The van der Waals surface area contributed by atoms with Crippen molar-refractivity contribution >= 4 is 46.4 Å². The second-order valence-corrected chi connectivity index (χ2v) is 7.02. The number of ether oxygens (including phenoxy) is 1. The van der Waals surface area contributed by atoms with Crippen LogP contribution in [0.3, 0.4) is 0 Å². The molecule has 3 aromatic rings. The van der Waals surface area contributed by atoms with Gasteiger partial charge in [-0.3, -0.25) is 9.59 Å². The molecule has 0 saturated heterocycles. The summed E-state index contributed by atoms with van der Waals surface area (Å²) in [6.07, 6.45) is 0. The van der Waals surface area contributed by atoms with Crippen LogP contribution in [0.2, 0.25) is 10.0 Å². The highest BCUT2D eigenvalue weighted by Crippen LogP contribution is 2.28. The molecule has 0 heterocycles. The van der Waals surface area contributed by atoms with Crippen LogP contribution in [0.4, 0.5) is 11.4 Å². The van der Waals surface area contributed by atoms with Crippen molar-refractivity contribution in [2.45, 2.75) is 13.5 Å². The molecule has 148 valence electrons. The molecule has 3 aromatic carbocycles. The van der Waals surface area contributed by atoms with Crippen molar-refractivity contribution in [2.75, 3.05) is 10.6 Å². The van der Waals surface area contributed by atoms with Crippen LogP contribution in [0.1, 0.15) is 22.8 Å². The van der Waals surface area contributed by atoms with Gasteiger partial charge in [-0.05, 0) is 36.4 Å². The molecule has 0 spiro atoms. The lowest BCUT2D eigenvalue weighted by molar-refractivity contribution is -0.114. The van der Waals surface area contributed by atoms with E-state index in [0.29, 0.717) is 32.7 Å². The minimum atomic E-state index is -0.367. The quantitative estimate of drug-likeness (QED) is 0.522. The normalized spacial score (nSPS) is 10.3. The first-order valence-electron chi connectivity index (χ1n) is 8.78. The topological polar surface area (TPSA) is 67.4 Å². The Bertz CT molecular complexity index is 1050. The first-order valence-corrected chi connectivity index (χ1v) is 9.53. The van der Waals surface area contributed by atoms with Gasteiger partial charge in [0.1, 0.15) is 12.4 Å². The smallest absolute Gasteiger partial charge is 0.259 e. The number of halogens is 2.